The van der Waals surface area contributed by atoms with Gasteiger partial charge in [0.15, 0.2) is 0 Å². The normalized spacial score (nSPS) is 12.0. The molecule has 0 saturated carbocycles. The number of aromatic nitrogens is 1. The van der Waals surface area contributed by atoms with Crippen LogP contribution in [0.3, 0.4) is 0 Å². The van der Waals surface area contributed by atoms with Gasteiger partial charge in [0.1, 0.15) is 6.04 Å². The van der Waals surface area contributed by atoms with Gasteiger partial charge in [-0.3, -0.25) is 14.7 Å². The Labute approximate surface area is 145 Å². The molecule has 120 valence electrons. The highest BCUT2D eigenvalue weighted by Gasteiger charge is 2.23. The zero-order chi connectivity index (χ0) is 15.5. The number of hydrogen-bond acceptors (Lipinski definition) is 4. The molecule has 1 atom stereocenters. The lowest BCUT2D eigenvalue weighted by molar-refractivity contribution is -0.120. The third-order valence-corrected chi connectivity index (χ3v) is 4.23. The van der Waals surface area contributed by atoms with Crippen LogP contribution in [0.15, 0.2) is 53.5 Å². The van der Waals surface area contributed by atoms with Crippen molar-refractivity contribution in [1.29, 1.82) is 0 Å². The van der Waals surface area contributed by atoms with Crippen molar-refractivity contribution in [2.24, 2.45) is 0 Å². The summed E-state index contributed by atoms with van der Waals surface area (Å²) in [5, 5.41) is 9.12. The number of pyridine rings is 1. The van der Waals surface area contributed by atoms with E-state index in [1.807, 2.05) is 66.3 Å². The van der Waals surface area contributed by atoms with Crippen molar-refractivity contribution < 1.29 is 4.79 Å². The van der Waals surface area contributed by atoms with Gasteiger partial charge in [-0.25, -0.2) is 0 Å². The summed E-state index contributed by atoms with van der Waals surface area (Å²) in [6.07, 6.45) is 3.57. The van der Waals surface area contributed by atoms with E-state index < -0.39 is 0 Å². The highest BCUT2D eigenvalue weighted by molar-refractivity contribution is 7.08. The fourth-order valence-corrected chi connectivity index (χ4v) is 3.17. The van der Waals surface area contributed by atoms with Crippen LogP contribution in [0, 0.1) is 0 Å². The Morgan fingerprint density at radius 3 is 2.74 bits per heavy atom. The molecule has 0 aliphatic carbocycles. The molecule has 6 heteroatoms. The molecule has 0 fully saturated rings. The quantitative estimate of drug-likeness (QED) is 0.777. The number of benzene rings is 1. The van der Waals surface area contributed by atoms with Crippen molar-refractivity contribution >= 4 is 46.1 Å². The van der Waals surface area contributed by atoms with Gasteiger partial charge < -0.3 is 5.32 Å². The predicted octanol–water partition coefficient (Wildman–Crippen LogP) is 3.96. The first kappa shape index (κ1) is 17.4. The van der Waals surface area contributed by atoms with Crippen LogP contribution in [0.4, 0.5) is 5.69 Å². The molecule has 0 saturated heterocycles. The highest BCUT2D eigenvalue weighted by atomic mass is 35.5. The maximum atomic E-state index is 12.6. The third kappa shape index (κ3) is 3.88. The zero-order valence-electron chi connectivity index (χ0n) is 12.9. The Balaban J connectivity index is 0.00000192. The summed E-state index contributed by atoms with van der Waals surface area (Å²) in [6.45, 7) is 0. The number of halogens is 1. The van der Waals surface area contributed by atoms with Crippen LogP contribution in [-0.2, 0) is 4.79 Å². The molecule has 0 aliphatic rings. The minimum Gasteiger partial charge on any atom is -0.324 e. The topological polar surface area (TPSA) is 45.2 Å². The summed E-state index contributed by atoms with van der Waals surface area (Å²) in [5.41, 5.74) is 1.81. The molecular formula is C17H18ClN3OS. The average molecular weight is 348 g/mol. The van der Waals surface area contributed by atoms with Gasteiger partial charge in [0.25, 0.3) is 0 Å². The number of amides is 1. The smallest absolute Gasteiger partial charge is 0.246 e. The van der Waals surface area contributed by atoms with Crippen molar-refractivity contribution in [2.45, 2.75) is 6.04 Å². The SMILES string of the molecule is CN(C)C(C(=O)Nc1ccc2cnccc2c1)c1ccsc1.Cl. The van der Waals surface area contributed by atoms with Crippen molar-refractivity contribution in [1.82, 2.24) is 9.88 Å². The second-order valence-electron chi connectivity index (χ2n) is 5.35. The fraction of sp³-hybridized carbons (Fsp3) is 0.176. The van der Waals surface area contributed by atoms with Crippen LogP contribution in [0.5, 0.6) is 0 Å². The van der Waals surface area contributed by atoms with E-state index in [0.29, 0.717) is 0 Å². The second-order valence-corrected chi connectivity index (χ2v) is 6.13. The molecule has 3 aromatic rings. The zero-order valence-corrected chi connectivity index (χ0v) is 14.5. The first-order valence-electron chi connectivity index (χ1n) is 6.98. The van der Waals surface area contributed by atoms with Crippen LogP contribution < -0.4 is 5.32 Å². The van der Waals surface area contributed by atoms with Crippen LogP contribution in [-0.4, -0.2) is 29.9 Å². The van der Waals surface area contributed by atoms with Gasteiger partial charge in [-0.05, 0) is 60.1 Å². The van der Waals surface area contributed by atoms with Crippen molar-refractivity contribution in [3.63, 3.8) is 0 Å². The third-order valence-electron chi connectivity index (χ3n) is 3.53. The number of nitrogens with one attached hydrogen (secondary N) is 1. The predicted molar refractivity (Wildman–Crippen MR) is 98.4 cm³/mol. The number of carbonyl (C=O) groups is 1. The average Bonchev–Trinajstić information content (AvgIpc) is 3.00. The van der Waals surface area contributed by atoms with E-state index in [1.54, 1.807) is 17.5 Å². The number of likely N-dealkylation sites (N-methyl/N-ethyl adjacent to an activating group) is 1. The Morgan fingerprint density at radius 1 is 1.22 bits per heavy atom. The minimum atomic E-state index is -0.292. The molecular weight excluding hydrogens is 330 g/mol. The maximum absolute atomic E-state index is 12.6. The lowest BCUT2D eigenvalue weighted by Gasteiger charge is -2.22. The Morgan fingerprint density at radius 2 is 2.04 bits per heavy atom. The van der Waals surface area contributed by atoms with Crippen molar-refractivity contribution in [3.05, 3.63) is 59.0 Å². The molecule has 0 bridgehead atoms. The lowest BCUT2D eigenvalue weighted by Crippen LogP contribution is -2.31. The summed E-state index contributed by atoms with van der Waals surface area (Å²) in [4.78, 5) is 18.6. The molecule has 1 unspecified atom stereocenters. The molecule has 1 N–H and O–H groups in total. The number of anilines is 1. The van der Waals surface area contributed by atoms with Gasteiger partial charge in [-0.15, -0.1) is 12.4 Å². The van der Waals surface area contributed by atoms with Crippen LogP contribution >= 0.6 is 23.7 Å². The molecule has 3 rings (SSSR count). The number of fused-ring (bicyclic) bond motifs is 1. The minimum absolute atomic E-state index is 0. The molecule has 2 aromatic heterocycles. The molecule has 2 heterocycles. The molecule has 23 heavy (non-hydrogen) atoms. The van der Waals surface area contributed by atoms with E-state index in [0.717, 1.165) is 22.0 Å². The Bertz CT molecular complexity index is 789. The molecule has 4 nitrogen and oxygen atoms in total. The van der Waals surface area contributed by atoms with Crippen LogP contribution in [0.2, 0.25) is 0 Å². The van der Waals surface area contributed by atoms with E-state index in [-0.39, 0.29) is 24.4 Å². The second kappa shape index (κ2) is 7.55. The maximum Gasteiger partial charge on any atom is 0.246 e. The van der Waals surface area contributed by atoms with Crippen molar-refractivity contribution in [3.8, 4) is 0 Å². The van der Waals surface area contributed by atoms with E-state index in [1.165, 1.54) is 0 Å². The van der Waals surface area contributed by atoms with Gasteiger partial charge >= 0.3 is 0 Å². The van der Waals surface area contributed by atoms with Gasteiger partial charge in [0, 0.05) is 23.5 Å². The van der Waals surface area contributed by atoms with Gasteiger partial charge in [-0.2, -0.15) is 11.3 Å². The first-order valence-corrected chi connectivity index (χ1v) is 7.92. The Kier molecular flexibility index (Phi) is 5.71. The lowest BCUT2D eigenvalue weighted by atomic mass is 10.1. The van der Waals surface area contributed by atoms with E-state index >= 15 is 0 Å². The molecule has 1 amide bonds. The van der Waals surface area contributed by atoms with Gasteiger partial charge in [0.05, 0.1) is 0 Å². The van der Waals surface area contributed by atoms with Crippen molar-refractivity contribution in [2.75, 3.05) is 19.4 Å². The van der Waals surface area contributed by atoms with E-state index in [9.17, 15) is 4.79 Å². The van der Waals surface area contributed by atoms with E-state index in [4.69, 9.17) is 0 Å². The number of rotatable bonds is 4. The number of carbonyl (C=O) groups excluding carboxylic acids is 1. The number of thiophene rings is 1. The summed E-state index contributed by atoms with van der Waals surface area (Å²) in [6, 6.07) is 9.47. The molecule has 0 radical (unpaired) electrons. The van der Waals surface area contributed by atoms with Crippen LogP contribution in [0.25, 0.3) is 10.8 Å². The standard InChI is InChI=1S/C17H17N3OS.ClH/c1-20(2)16(14-6-8-22-11-14)17(21)19-15-4-3-13-10-18-7-5-12(13)9-15;/h3-11,16H,1-2H3,(H,19,21);1H. The number of hydrogen-bond donors (Lipinski definition) is 1. The summed E-state index contributed by atoms with van der Waals surface area (Å²) in [7, 11) is 3.82. The number of nitrogens with zero attached hydrogens (tertiary/aromatic N) is 2. The summed E-state index contributed by atoms with van der Waals surface area (Å²) >= 11 is 1.60. The fourth-order valence-electron chi connectivity index (χ4n) is 2.49. The summed E-state index contributed by atoms with van der Waals surface area (Å²) in [5.74, 6) is -0.0307. The van der Waals surface area contributed by atoms with Gasteiger partial charge in [0.2, 0.25) is 5.91 Å². The summed E-state index contributed by atoms with van der Waals surface area (Å²) < 4.78 is 0. The largest absolute Gasteiger partial charge is 0.324 e. The van der Waals surface area contributed by atoms with E-state index in [2.05, 4.69) is 10.3 Å². The first-order chi connectivity index (χ1) is 10.6. The molecule has 1 aromatic carbocycles. The van der Waals surface area contributed by atoms with Crippen LogP contribution in [0.1, 0.15) is 11.6 Å². The Hall–Kier alpha value is -1.95. The molecule has 0 spiro atoms. The van der Waals surface area contributed by atoms with Gasteiger partial charge in [-0.1, -0.05) is 6.07 Å². The molecule has 0 aliphatic heterocycles. The monoisotopic (exact) mass is 347 g/mol. The highest BCUT2D eigenvalue weighted by Crippen LogP contribution is 2.24.